The third-order valence-corrected chi connectivity index (χ3v) is 2.67. The zero-order chi connectivity index (χ0) is 10.7. The molecule has 78 valence electrons. The van der Waals surface area contributed by atoms with Crippen LogP contribution in [0.15, 0.2) is 18.3 Å². The maximum absolute atomic E-state index is 8.61. The van der Waals surface area contributed by atoms with E-state index in [2.05, 4.69) is 10.3 Å². The summed E-state index contributed by atoms with van der Waals surface area (Å²) in [5.74, 6) is 0.827. The Morgan fingerprint density at radius 1 is 1.53 bits per heavy atom. The first kappa shape index (κ1) is 9.94. The molecule has 0 unspecified atom stereocenters. The molecule has 4 heteroatoms. The van der Waals surface area contributed by atoms with E-state index in [1.165, 1.54) is 0 Å². The molecule has 1 aliphatic carbocycles. The van der Waals surface area contributed by atoms with Crippen molar-refractivity contribution in [2.24, 2.45) is 0 Å². The maximum Gasteiger partial charge on any atom is 0.126 e. The minimum Gasteiger partial charge on any atom is -0.381 e. The van der Waals surface area contributed by atoms with Gasteiger partial charge in [0.2, 0.25) is 0 Å². The number of hydrogen-bond acceptors (Lipinski definition) is 4. The lowest BCUT2D eigenvalue weighted by atomic mass is 9.89. The van der Waals surface area contributed by atoms with Gasteiger partial charge in [-0.1, -0.05) is 0 Å². The standard InChI is InChI=1S/C11H13N3O/c1-15-10-4-9(5-10)14-11-3-2-8(6-12)7-13-11/h2-3,7,9-10H,4-5H2,1H3,(H,13,14). The van der Waals surface area contributed by atoms with Crippen LogP contribution < -0.4 is 5.32 Å². The van der Waals surface area contributed by atoms with Crippen molar-refractivity contribution in [1.82, 2.24) is 4.98 Å². The molecule has 1 fully saturated rings. The van der Waals surface area contributed by atoms with Gasteiger partial charge in [-0.25, -0.2) is 4.98 Å². The summed E-state index contributed by atoms with van der Waals surface area (Å²) in [7, 11) is 1.74. The quantitative estimate of drug-likeness (QED) is 0.809. The SMILES string of the molecule is COC1CC(Nc2ccc(C#N)cn2)C1. The highest BCUT2D eigenvalue weighted by Crippen LogP contribution is 2.25. The number of methoxy groups -OCH3 is 1. The Hall–Kier alpha value is -1.60. The molecule has 1 aromatic heterocycles. The first-order valence-electron chi connectivity index (χ1n) is 4.97. The molecule has 15 heavy (non-hydrogen) atoms. The fourth-order valence-electron chi connectivity index (χ4n) is 1.63. The van der Waals surface area contributed by atoms with Crippen LogP contribution in [0.1, 0.15) is 18.4 Å². The largest absolute Gasteiger partial charge is 0.381 e. The molecule has 1 saturated carbocycles. The van der Waals surface area contributed by atoms with E-state index in [-0.39, 0.29) is 0 Å². The van der Waals surface area contributed by atoms with E-state index < -0.39 is 0 Å². The summed E-state index contributed by atoms with van der Waals surface area (Å²) in [5.41, 5.74) is 0.587. The summed E-state index contributed by atoms with van der Waals surface area (Å²) >= 11 is 0. The van der Waals surface area contributed by atoms with E-state index in [9.17, 15) is 0 Å². The number of nitrogens with zero attached hydrogens (tertiary/aromatic N) is 2. The van der Waals surface area contributed by atoms with Gasteiger partial charge < -0.3 is 10.1 Å². The number of rotatable bonds is 3. The monoisotopic (exact) mass is 203 g/mol. The van der Waals surface area contributed by atoms with Gasteiger partial charge in [-0.05, 0) is 25.0 Å². The smallest absolute Gasteiger partial charge is 0.126 e. The second-order valence-corrected chi connectivity index (χ2v) is 3.71. The maximum atomic E-state index is 8.61. The molecule has 4 nitrogen and oxygen atoms in total. The predicted octanol–water partition coefficient (Wildman–Crippen LogP) is 1.54. The fourth-order valence-corrected chi connectivity index (χ4v) is 1.63. The number of hydrogen-bond donors (Lipinski definition) is 1. The molecular weight excluding hydrogens is 190 g/mol. The molecule has 0 atom stereocenters. The third kappa shape index (κ3) is 2.25. The minimum absolute atomic E-state index is 0.390. The molecule has 0 aromatic carbocycles. The van der Waals surface area contributed by atoms with Crippen LogP contribution >= 0.6 is 0 Å². The molecule has 1 aliphatic rings. The molecule has 0 saturated heterocycles. The third-order valence-electron chi connectivity index (χ3n) is 2.67. The number of pyridine rings is 1. The Morgan fingerprint density at radius 3 is 2.87 bits per heavy atom. The van der Waals surface area contributed by atoms with Gasteiger partial charge in [0.15, 0.2) is 0 Å². The van der Waals surface area contributed by atoms with E-state index in [1.807, 2.05) is 12.1 Å². The molecule has 0 amide bonds. The summed E-state index contributed by atoms with van der Waals surface area (Å²) < 4.78 is 5.19. The number of ether oxygens (including phenoxy) is 1. The molecule has 0 radical (unpaired) electrons. The minimum atomic E-state index is 0.390. The number of aromatic nitrogens is 1. The Bertz CT molecular complexity index is 362. The zero-order valence-corrected chi connectivity index (χ0v) is 8.60. The van der Waals surface area contributed by atoms with Crippen molar-refractivity contribution >= 4 is 5.82 Å². The van der Waals surface area contributed by atoms with Crippen LogP contribution in [0, 0.1) is 11.3 Å². The Labute approximate surface area is 88.9 Å². The fraction of sp³-hybridized carbons (Fsp3) is 0.455. The predicted molar refractivity (Wildman–Crippen MR) is 56.4 cm³/mol. The summed E-state index contributed by atoms with van der Waals surface area (Å²) in [6, 6.07) is 6.09. The van der Waals surface area contributed by atoms with Gasteiger partial charge >= 0.3 is 0 Å². The van der Waals surface area contributed by atoms with Gasteiger partial charge in [-0.15, -0.1) is 0 Å². The summed E-state index contributed by atoms with van der Waals surface area (Å²) in [6.07, 6.45) is 4.02. The second kappa shape index (κ2) is 4.28. The van der Waals surface area contributed by atoms with Crippen molar-refractivity contribution in [1.29, 1.82) is 5.26 Å². The van der Waals surface area contributed by atoms with E-state index in [4.69, 9.17) is 10.00 Å². The van der Waals surface area contributed by atoms with Crippen molar-refractivity contribution in [2.45, 2.75) is 25.0 Å². The van der Waals surface area contributed by atoms with Crippen LogP contribution in [-0.4, -0.2) is 24.2 Å². The lowest BCUT2D eigenvalue weighted by Gasteiger charge is -2.34. The number of nitrogens with one attached hydrogen (secondary N) is 1. The van der Waals surface area contributed by atoms with Crippen LogP contribution in [0.4, 0.5) is 5.82 Å². The molecule has 1 aromatic rings. The topological polar surface area (TPSA) is 57.9 Å². The van der Waals surface area contributed by atoms with Gasteiger partial charge in [0.1, 0.15) is 11.9 Å². The van der Waals surface area contributed by atoms with Crippen LogP contribution in [0.3, 0.4) is 0 Å². The van der Waals surface area contributed by atoms with Crippen LogP contribution in [0.2, 0.25) is 0 Å². The van der Waals surface area contributed by atoms with Gasteiger partial charge in [0.05, 0.1) is 11.7 Å². The Morgan fingerprint density at radius 2 is 2.33 bits per heavy atom. The van der Waals surface area contributed by atoms with E-state index in [0.29, 0.717) is 17.7 Å². The summed E-state index contributed by atoms with van der Waals surface area (Å²) in [5, 5.41) is 11.9. The van der Waals surface area contributed by atoms with Crippen molar-refractivity contribution in [3.8, 4) is 6.07 Å². The molecule has 2 rings (SSSR count). The van der Waals surface area contributed by atoms with E-state index in [0.717, 1.165) is 18.7 Å². The molecule has 0 aliphatic heterocycles. The van der Waals surface area contributed by atoms with Crippen LogP contribution in [0.25, 0.3) is 0 Å². The van der Waals surface area contributed by atoms with Crippen molar-refractivity contribution in [3.63, 3.8) is 0 Å². The van der Waals surface area contributed by atoms with E-state index >= 15 is 0 Å². The zero-order valence-electron chi connectivity index (χ0n) is 8.60. The lowest BCUT2D eigenvalue weighted by Crippen LogP contribution is -2.40. The Kier molecular flexibility index (Phi) is 2.84. The average molecular weight is 203 g/mol. The van der Waals surface area contributed by atoms with Crippen LogP contribution in [-0.2, 0) is 4.74 Å². The van der Waals surface area contributed by atoms with Gasteiger partial charge in [-0.3, -0.25) is 0 Å². The second-order valence-electron chi connectivity index (χ2n) is 3.71. The molecule has 0 bridgehead atoms. The van der Waals surface area contributed by atoms with Crippen molar-refractivity contribution < 1.29 is 4.74 Å². The first-order valence-corrected chi connectivity index (χ1v) is 4.97. The molecular formula is C11H13N3O. The summed E-state index contributed by atoms with van der Waals surface area (Å²) in [6.45, 7) is 0. The van der Waals surface area contributed by atoms with Gasteiger partial charge in [0, 0.05) is 19.3 Å². The number of anilines is 1. The van der Waals surface area contributed by atoms with Crippen molar-refractivity contribution in [3.05, 3.63) is 23.9 Å². The van der Waals surface area contributed by atoms with Crippen molar-refractivity contribution in [2.75, 3.05) is 12.4 Å². The highest BCUT2D eigenvalue weighted by molar-refractivity contribution is 5.40. The molecule has 0 spiro atoms. The lowest BCUT2D eigenvalue weighted by molar-refractivity contribution is 0.0328. The van der Waals surface area contributed by atoms with Gasteiger partial charge in [0.25, 0.3) is 0 Å². The number of nitriles is 1. The Balaban J connectivity index is 1.87. The summed E-state index contributed by atoms with van der Waals surface area (Å²) in [4.78, 5) is 4.15. The highest BCUT2D eigenvalue weighted by atomic mass is 16.5. The molecule has 1 N–H and O–H groups in total. The van der Waals surface area contributed by atoms with Crippen LogP contribution in [0.5, 0.6) is 0 Å². The highest BCUT2D eigenvalue weighted by Gasteiger charge is 2.28. The normalized spacial score (nSPS) is 24.0. The van der Waals surface area contributed by atoms with Gasteiger partial charge in [-0.2, -0.15) is 5.26 Å². The molecule has 1 heterocycles. The average Bonchev–Trinajstić information content (AvgIpc) is 2.23. The van der Waals surface area contributed by atoms with E-state index in [1.54, 1.807) is 19.4 Å². The first-order chi connectivity index (χ1) is 7.31.